The van der Waals surface area contributed by atoms with Gasteiger partial charge in [-0.1, -0.05) is 28.1 Å². The lowest BCUT2D eigenvalue weighted by Crippen LogP contribution is -2.19. The minimum Gasteiger partial charge on any atom is -0.379 e. The SMILES string of the molecule is Cc1cc(Br)ccc1NC1C=CCCC1. The van der Waals surface area contributed by atoms with Gasteiger partial charge >= 0.3 is 0 Å². The highest BCUT2D eigenvalue weighted by molar-refractivity contribution is 9.10. The molecule has 0 saturated heterocycles. The largest absolute Gasteiger partial charge is 0.379 e. The van der Waals surface area contributed by atoms with E-state index in [4.69, 9.17) is 0 Å². The first-order chi connectivity index (χ1) is 7.25. The lowest BCUT2D eigenvalue weighted by molar-refractivity contribution is 0.673. The van der Waals surface area contributed by atoms with Crippen LogP contribution in [0.15, 0.2) is 34.8 Å². The van der Waals surface area contributed by atoms with Gasteiger partial charge in [0, 0.05) is 16.2 Å². The van der Waals surface area contributed by atoms with E-state index in [1.165, 1.54) is 30.5 Å². The highest BCUT2D eigenvalue weighted by Crippen LogP contribution is 2.22. The first-order valence-electron chi connectivity index (χ1n) is 5.45. The molecule has 0 heterocycles. The maximum atomic E-state index is 3.57. The fourth-order valence-corrected chi connectivity index (χ4v) is 2.40. The second-order valence-corrected chi connectivity index (χ2v) is 4.98. The van der Waals surface area contributed by atoms with E-state index in [9.17, 15) is 0 Å². The Labute approximate surface area is 99.7 Å². The molecule has 2 rings (SSSR count). The van der Waals surface area contributed by atoms with E-state index in [1.54, 1.807) is 0 Å². The third-order valence-corrected chi connectivity index (χ3v) is 3.28. The molecule has 0 fully saturated rings. The molecule has 15 heavy (non-hydrogen) atoms. The monoisotopic (exact) mass is 265 g/mol. The number of aryl methyl sites for hydroxylation is 1. The third-order valence-electron chi connectivity index (χ3n) is 2.78. The smallest absolute Gasteiger partial charge is 0.0444 e. The Kier molecular flexibility index (Phi) is 3.47. The van der Waals surface area contributed by atoms with Crippen molar-refractivity contribution < 1.29 is 0 Å². The summed E-state index contributed by atoms with van der Waals surface area (Å²) in [4.78, 5) is 0. The van der Waals surface area contributed by atoms with Crippen molar-refractivity contribution in [3.8, 4) is 0 Å². The van der Waals surface area contributed by atoms with Gasteiger partial charge in [-0.3, -0.25) is 0 Å². The number of allylic oxidation sites excluding steroid dienone is 1. The predicted molar refractivity (Wildman–Crippen MR) is 69.3 cm³/mol. The molecular formula is C13H16BrN. The Balaban J connectivity index is 2.09. The van der Waals surface area contributed by atoms with Crippen LogP contribution in [0.2, 0.25) is 0 Å². The van der Waals surface area contributed by atoms with Gasteiger partial charge in [-0.15, -0.1) is 0 Å². The molecule has 2 heteroatoms. The maximum absolute atomic E-state index is 3.57. The van der Waals surface area contributed by atoms with Crippen LogP contribution in [0.4, 0.5) is 5.69 Å². The summed E-state index contributed by atoms with van der Waals surface area (Å²) in [7, 11) is 0. The summed E-state index contributed by atoms with van der Waals surface area (Å²) in [5, 5.41) is 3.57. The zero-order chi connectivity index (χ0) is 10.7. The van der Waals surface area contributed by atoms with Gasteiger partial charge in [-0.05, 0) is 49.9 Å². The van der Waals surface area contributed by atoms with Crippen molar-refractivity contribution in [3.63, 3.8) is 0 Å². The van der Waals surface area contributed by atoms with Gasteiger partial charge in [0.2, 0.25) is 0 Å². The summed E-state index contributed by atoms with van der Waals surface area (Å²) in [5.41, 5.74) is 2.54. The Morgan fingerprint density at radius 2 is 2.27 bits per heavy atom. The summed E-state index contributed by atoms with van der Waals surface area (Å²) in [6.07, 6.45) is 8.33. The normalized spacial score (nSPS) is 20.3. The Bertz CT molecular complexity index is 371. The Morgan fingerprint density at radius 1 is 1.40 bits per heavy atom. The standard InChI is InChI=1S/C13H16BrN/c1-10-9-11(14)7-8-13(10)15-12-5-3-2-4-6-12/h3,5,7-9,12,15H,2,4,6H2,1H3. The van der Waals surface area contributed by atoms with Gasteiger partial charge < -0.3 is 5.32 Å². The number of hydrogen-bond donors (Lipinski definition) is 1. The zero-order valence-electron chi connectivity index (χ0n) is 8.96. The van der Waals surface area contributed by atoms with Gasteiger partial charge in [-0.2, -0.15) is 0 Å². The van der Waals surface area contributed by atoms with E-state index < -0.39 is 0 Å². The first kappa shape index (κ1) is 10.7. The Morgan fingerprint density at radius 3 is 2.93 bits per heavy atom. The molecule has 80 valence electrons. The zero-order valence-corrected chi connectivity index (χ0v) is 10.5. The molecule has 1 N–H and O–H groups in total. The molecule has 1 aliphatic rings. The lowest BCUT2D eigenvalue weighted by atomic mass is 10.0. The van der Waals surface area contributed by atoms with Crippen LogP contribution in [0.25, 0.3) is 0 Å². The fourth-order valence-electron chi connectivity index (χ4n) is 1.92. The number of benzene rings is 1. The van der Waals surface area contributed by atoms with Gasteiger partial charge in [0.15, 0.2) is 0 Å². The second-order valence-electron chi connectivity index (χ2n) is 4.07. The molecule has 0 amide bonds. The Hall–Kier alpha value is -0.760. The van der Waals surface area contributed by atoms with Gasteiger partial charge in [-0.25, -0.2) is 0 Å². The van der Waals surface area contributed by atoms with E-state index in [-0.39, 0.29) is 0 Å². The van der Waals surface area contributed by atoms with Crippen LogP contribution < -0.4 is 5.32 Å². The fraction of sp³-hybridized carbons (Fsp3) is 0.385. The van der Waals surface area contributed by atoms with Crippen LogP contribution in [0.3, 0.4) is 0 Å². The topological polar surface area (TPSA) is 12.0 Å². The van der Waals surface area contributed by atoms with E-state index in [1.807, 2.05) is 0 Å². The third kappa shape index (κ3) is 2.85. The number of anilines is 1. The summed E-state index contributed by atoms with van der Waals surface area (Å²) in [6, 6.07) is 6.89. The lowest BCUT2D eigenvalue weighted by Gasteiger charge is -2.20. The molecular weight excluding hydrogens is 250 g/mol. The van der Waals surface area contributed by atoms with Gasteiger partial charge in [0.25, 0.3) is 0 Å². The molecule has 1 unspecified atom stereocenters. The molecule has 1 aromatic carbocycles. The minimum atomic E-state index is 0.513. The second kappa shape index (κ2) is 4.84. The number of nitrogens with one attached hydrogen (secondary N) is 1. The number of halogens is 1. The summed E-state index contributed by atoms with van der Waals surface area (Å²) in [6.45, 7) is 2.14. The average Bonchev–Trinajstić information content (AvgIpc) is 2.24. The predicted octanol–water partition coefficient (Wildman–Crippen LogP) is 4.28. The van der Waals surface area contributed by atoms with E-state index >= 15 is 0 Å². The molecule has 1 aromatic rings. The van der Waals surface area contributed by atoms with Crippen LogP contribution >= 0.6 is 15.9 Å². The summed E-state index contributed by atoms with van der Waals surface area (Å²) < 4.78 is 1.14. The van der Waals surface area contributed by atoms with Gasteiger partial charge in [0.05, 0.1) is 0 Å². The van der Waals surface area contributed by atoms with Crippen LogP contribution in [0.1, 0.15) is 24.8 Å². The highest BCUT2D eigenvalue weighted by Gasteiger charge is 2.08. The van der Waals surface area contributed by atoms with Crippen molar-refractivity contribution in [2.24, 2.45) is 0 Å². The van der Waals surface area contributed by atoms with E-state index in [0.717, 1.165) is 4.47 Å². The summed E-state index contributed by atoms with van der Waals surface area (Å²) in [5.74, 6) is 0. The van der Waals surface area contributed by atoms with Crippen LogP contribution in [-0.4, -0.2) is 6.04 Å². The van der Waals surface area contributed by atoms with Gasteiger partial charge in [0.1, 0.15) is 0 Å². The van der Waals surface area contributed by atoms with Crippen molar-refractivity contribution >= 4 is 21.6 Å². The average molecular weight is 266 g/mol. The number of hydrogen-bond acceptors (Lipinski definition) is 1. The highest BCUT2D eigenvalue weighted by atomic mass is 79.9. The molecule has 0 saturated carbocycles. The molecule has 0 radical (unpaired) electrons. The molecule has 1 aliphatic carbocycles. The van der Waals surface area contributed by atoms with Crippen LogP contribution in [0.5, 0.6) is 0 Å². The van der Waals surface area contributed by atoms with Crippen molar-refractivity contribution in [3.05, 3.63) is 40.4 Å². The van der Waals surface area contributed by atoms with Crippen LogP contribution in [0, 0.1) is 6.92 Å². The van der Waals surface area contributed by atoms with Crippen molar-refractivity contribution in [1.82, 2.24) is 0 Å². The van der Waals surface area contributed by atoms with E-state index in [0.29, 0.717) is 6.04 Å². The molecule has 0 bridgehead atoms. The van der Waals surface area contributed by atoms with E-state index in [2.05, 4.69) is 58.5 Å². The molecule has 0 aliphatic heterocycles. The molecule has 1 nitrogen and oxygen atoms in total. The first-order valence-corrected chi connectivity index (χ1v) is 6.24. The minimum absolute atomic E-state index is 0.513. The quantitative estimate of drug-likeness (QED) is 0.788. The molecule has 1 atom stereocenters. The maximum Gasteiger partial charge on any atom is 0.0444 e. The molecule has 0 aromatic heterocycles. The van der Waals surface area contributed by atoms with Crippen LogP contribution in [-0.2, 0) is 0 Å². The van der Waals surface area contributed by atoms with Crippen molar-refractivity contribution in [1.29, 1.82) is 0 Å². The van der Waals surface area contributed by atoms with Crippen molar-refractivity contribution in [2.45, 2.75) is 32.2 Å². The number of rotatable bonds is 2. The summed E-state index contributed by atoms with van der Waals surface area (Å²) >= 11 is 3.48. The molecule has 0 spiro atoms. The van der Waals surface area contributed by atoms with Crippen molar-refractivity contribution in [2.75, 3.05) is 5.32 Å².